The number of non-ortho nitro benzene ring substituents is 1. The lowest BCUT2D eigenvalue weighted by molar-refractivity contribution is -0.384. The van der Waals surface area contributed by atoms with Gasteiger partial charge in [-0.3, -0.25) is 24.8 Å². The highest BCUT2D eigenvalue weighted by molar-refractivity contribution is 8.13. The zero-order valence-electron chi connectivity index (χ0n) is 13.8. The SMILES string of the molecule is O=C(c1ccc([N+](=O)[O-])cc1Cl)N1CCCSC1=NCc1ccccc1. The number of hydrogen-bond acceptors (Lipinski definition) is 5. The number of nitro groups is 1. The van der Waals surface area contributed by atoms with Crippen LogP contribution >= 0.6 is 23.4 Å². The summed E-state index contributed by atoms with van der Waals surface area (Å²) in [5, 5.41) is 11.6. The molecule has 8 heteroatoms. The molecule has 1 aliphatic heterocycles. The summed E-state index contributed by atoms with van der Waals surface area (Å²) >= 11 is 7.64. The number of thioether (sulfide) groups is 1. The Labute approximate surface area is 160 Å². The Kier molecular flexibility index (Phi) is 5.90. The molecule has 0 atom stereocenters. The molecule has 0 radical (unpaired) electrons. The van der Waals surface area contributed by atoms with Crippen LogP contribution in [-0.2, 0) is 6.54 Å². The zero-order valence-corrected chi connectivity index (χ0v) is 15.4. The normalized spacial score (nSPS) is 15.9. The van der Waals surface area contributed by atoms with Gasteiger partial charge in [0, 0.05) is 24.4 Å². The first-order valence-electron chi connectivity index (χ1n) is 8.03. The molecule has 1 aliphatic rings. The summed E-state index contributed by atoms with van der Waals surface area (Å²) in [6.07, 6.45) is 0.853. The number of amides is 1. The molecule has 3 rings (SSSR count). The summed E-state index contributed by atoms with van der Waals surface area (Å²) in [6.45, 7) is 1.04. The van der Waals surface area contributed by atoms with Crippen LogP contribution in [-0.4, -0.2) is 33.2 Å². The maximum Gasteiger partial charge on any atom is 0.270 e. The second-order valence-electron chi connectivity index (χ2n) is 5.66. The molecule has 0 spiro atoms. The second-order valence-corrected chi connectivity index (χ2v) is 7.13. The Morgan fingerprint density at radius 3 is 2.73 bits per heavy atom. The fourth-order valence-electron chi connectivity index (χ4n) is 2.56. The van der Waals surface area contributed by atoms with Gasteiger partial charge >= 0.3 is 0 Å². The minimum Gasteiger partial charge on any atom is -0.287 e. The molecule has 1 heterocycles. The van der Waals surface area contributed by atoms with Gasteiger partial charge in [0.15, 0.2) is 5.17 Å². The van der Waals surface area contributed by atoms with Gasteiger partial charge in [0.25, 0.3) is 11.6 Å². The van der Waals surface area contributed by atoms with Gasteiger partial charge in [-0.15, -0.1) is 0 Å². The quantitative estimate of drug-likeness (QED) is 0.574. The lowest BCUT2D eigenvalue weighted by Gasteiger charge is -2.28. The highest BCUT2D eigenvalue weighted by Crippen LogP contribution is 2.27. The minimum absolute atomic E-state index is 0.0715. The molecule has 6 nitrogen and oxygen atoms in total. The molecule has 0 unspecified atom stereocenters. The lowest BCUT2D eigenvalue weighted by Crippen LogP contribution is -2.39. The van der Waals surface area contributed by atoms with Crippen molar-refractivity contribution in [2.45, 2.75) is 13.0 Å². The summed E-state index contributed by atoms with van der Waals surface area (Å²) in [4.78, 5) is 29.4. The van der Waals surface area contributed by atoms with E-state index in [9.17, 15) is 14.9 Å². The Bertz CT molecular complexity index is 858. The average Bonchev–Trinajstić information content (AvgIpc) is 2.66. The molecular weight excluding hydrogens is 374 g/mol. The highest BCUT2D eigenvalue weighted by Gasteiger charge is 2.26. The largest absolute Gasteiger partial charge is 0.287 e. The minimum atomic E-state index is -0.538. The smallest absolute Gasteiger partial charge is 0.270 e. The average molecular weight is 390 g/mol. The number of aliphatic imine (C=N–C) groups is 1. The van der Waals surface area contributed by atoms with Crippen molar-refractivity contribution in [2.75, 3.05) is 12.3 Å². The van der Waals surface area contributed by atoms with Crippen molar-refractivity contribution < 1.29 is 9.72 Å². The van der Waals surface area contributed by atoms with Crippen molar-refractivity contribution >= 4 is 40.1 Å². The van der Waals surface area contributed by atoms with Gasteiger partial charge in [0.1, 0.15) is 0 Å². The Morgan fingerprint density at radius 2 is 2.04 bits per heavy atom. The number of rotatable bonds is 4. The fourth-order valence-corrected chi connectivity index (χ4v) is 3.76. The maximum absolute atomic E-state index is 12.9. The molecule has 0 aliphatic carbocycles. The van der Waals surface area contributed by atoms with Crippen molar-refractivity contribution in [3.8, 4) is 0 Å². The summed E-state index contributed by atoms with van der Waals surface area (Å²) in [7, 11) is 0. The summed E-state index contributed by atoms with van der Waals surface area (Å²) in [5.41, 5.74) is 1.16. The number of nitrogens with zero attached hydrogens (tertiary/aromatic N) is 3. The van der Waals surface area contributed by atoms with Gasteiger partial charge in [-0.1, -0.05) is 53.7 Å². The summed E-state index contributed by atoms with van der Waals surface area (Å²) < 4.78 is 0. The molecule has 2 aromatic carbocycles. The maximum atomic E-state index is 12.9. The molecular formula is C18H16ClN3O3S. The van der Waals surface area contributed by atoms with E-state index in [1.807, 2.05) is 30.3 Å². The number of amidine groups is 1. The second kappa shape index (κ2) is 8.33. The van der Waals surface area contributed by atoms with E-state index in [1.165, 1.54) is 30.0 Å². The first kappa shape index (κ1) is 18.4. The molecule has 2 aromatic rings. The third-order valence-corrected chi connectivity index (χ3v) is 5.28. The molecule has 0 bridgehead atoms. The summed E-state index contributed by atoms with van der Waals surface area (Å²) in [6, 6.07) is 13.7. The van der Waals surface area contributed by atoms with Crippen molar-refractivity contribution in [3.63, 3.8) is 0 Å². The van der Waals surface area contributed by atoms with E-state index in [0.29, 0.717) is 18.3 Å². The van der Waals surface area contributed by atoms with E-state index >= 15 is 0 Å². The number of hydrogen-bond donors (Lipinski definition) is 0. The number of halogens is 1. The fraction of sp³-hybridized carbons (Fsp3) is 0.222. The van der Waals surface area contributed by atoms with Crippen molar-refractivity contribution in [1.82, 2.24) is 4.90 Å². The first-order chi connectivity index (χ1) is 12.6. The van der Waals surface area contributed by atoms with Crippen LogP contribution in [0.5, 0.6) is 0 Å². The lowest BCUT2D eigenvalue weighted by atomic mass is 10.1. The Morgan fingerprint density at radius 1 is 1.27 bits per heavy atom. The third kappa shape index (κ3) is 4.23. The number of carbonyl (C=O) groups is 1. The monoisotopic (exact) mass is 389 g/mol. The van der Waals surface area contributed by atoms with Crippen molar-refractivity contribution in [1.29, 1.82) is 0 Å². The van der Waals surface area contributed by atoms with Gasteiger partial charge in [-0.25, -0.2) is 0 Å². The molecule has 26 heavy (non-hydrogen) atoms. The number of benzene rings is 2. The van der Waals surface area contributed by atoms with Crippen molar-refractivity contribution in [3.05, 3.63) is 74.8 Å². The Hall–Kier alpha value is -2.38. The van der Waals surface area contributed by atoms with Crippen LogP contribution in [0.25, 0.3) is 0 Å². The molecule has 134 valence electrons. The van der Waals surface area contributed by atoms with Gasteiger partial charge < -0.3 is 0 Å². The van der Waals surface area contributed by atoms with Crippen LogP contribution in [0.3, 0.4) is 0 Å². The molecule has 0 N–H and O–H groups in total. The number of carbonyl (C=O) groups excluding carboxylic acids is 1. The predicted octanol–water partition coefficient (Wildman–Crippen LogP) is 4.38. The molecule has 1 fully saturated rings. The van der Waals surface area contributed by atoms with Gasteiger partial charge in [0.2, 0.25) is 0 Å². The number of nitro benzene ring substituents is 1. The van der Waals surface area contributed by atoms with E-state index in [4.69, 9.17) is 11.6 Å². The van der Waals surface area contributed by atoms with E-state index < -0.39 is 4.92 Å². The molecule has 1 saturated heterocycles. The summed E-state index contributed by atoms with van der Waals surface area (Å²) in [5.74, 6) is 0.606. The molecule has 0 saturated carbocycles. The van der Waals surface area contributed by atoms with Gasteiger partial charge in [0.05, 0.1) is 22.1 Å². The van der Waals surface area contributed by atoms with E-state index in [2.05, 4.69) is 4.99 Å². The van der Waals surface area contributed by atoms with E-state index in [0.717, 1.165) is 17.7 Å². The van der Waals surface area contributed by atoms with Crippen LogP contribution in [0.4, 0.5) is 5.69 Å². The first-order valence-corrected chi connectivity index (χ1v) is 9.39. The van der Waals surface area contributed by atoms with Gasteiger partial charge in [-0.05, 0) is 18.1 Å². The van der Waals surface area contributed by atoms with Crippen molar-refractivity contribution in [2.24, 2.45) is 4.99 Å². The standard InChI is InChI=1S/C18H16ClN3O3S/c19-16-11-14(22(24)25)7-8-15(16)17(23)21-9-4-10-26-18(21)20-12-13-5-2-1-3-6-13/h1-3,5-8,11H,4,9-10,12H2. The van der Waals surface area contributed by atoms with Gasteiger partial charge in [-0.2, -0.15) is 0 Å². The van der Waals surface area contributed by atoms with Crippen LogP contribution < -0.4 is 0 Å². The van der Waals surface area contributed by atoms with Crippen LogP contribution in [0.15, 0.2) is 53.5 Å². The van der Waals surface area contributed by atoms with Crippen LogP contribution in [0, 0.1) is 10.1 Å². The molecule has 0 aromatic heterocycles. The zero-order chi connectivity index (χ0) is 18.5. The third-order valence-electron chi connectivity index (χ3n) is 3.87. The van der Waals surface area contributed by atoms with E-state index in [-0.39, 0.29) is 22.2 Å². The Balaban J connectivity index is 1.83. The van der Waals surface area contributed by atoms with Crippen LogP contribution in [0.1, 0.15) is 22.3 Å². The van der Waals surface area contributed by atoms with E-state index in [1.54, 1.807) is 4.90 Å². The van der Waals surface area contributed by atoms with Crippen LogP contribution in [0.2, 0.25) is 5.02 Å². The topological polar surface area (TPSA) is 75.8 Å². The highest BCUT2D eigenvalue weighted by atomic mass is 35.5. The predicted molar refractivity (Wildman–Crippen MR) is 104 cm³/mol. The molecule has 1 amide bonds.